The molecule has 4 rings (SSSR count). The zero-order chi connectivity index (χ0) is 34.9. The molecular formula is C37H45NO10. The van der Waals surface area contributed by atoms with Gasteiger partial charge in [0.15, 0.2) is 0 Å². The van der Waals surface area contributed by atoms with Crippen LogP contribution in [-0.4, -0.2) is 74.8 Å². The summed E-state index contributed by atoms with van der Waals surface area (Å²) in [5.41, 5.74) is -1.50. The minimum absolute atomic E-state index is 0.0401. The van der Waals surface area contributed by atoms with E-state index in [0.29, 0.717) is 13.0 Å². The van der Waals surface area contributed by atoms with Crippen molar-refractivity contribution in [3.8, 4) is 0 Å². The highest BCUT2D eigenvalue weighted by Gasteiger charge is 2.43. The number of rotatable bonds is 17. The van der Waals surface area contributed by atoms with E-state index in [9.17, 15) is 24.3 Å². The molecule has 1 N–H and O–H groups in total. The summed E-state index contributed by atoms with van der Waals surface area (Å²) in [5.74, 6) is -4.38. The Morgan fingerprint density at radius 1 is 0.938 bits per heavy atom. The molecule has 11 heteroatoms. The van der Waals surface area contributed by atoms with E-state index in [1.165, 1.54) is 13.3 Å². The lowest BCUT2D eigenvalue weighted by molar-refractivity contribution is -0.160. The second kappa shape index (κ2) is 16.2. The van der Waals surface area contributed by atoms with Crippen molar-refractivity contribution in [1.29, 1.82) is 0 Å². The number of aliphatic hydroxyl groups excluding tert-OH is 1. The predicted molar refractivity (Wildman–Crippen MR) is 179 cm³/mol. The highest BCUT2D eigenvalue weighted by Crippen LogP contribution is 2.38. The van der Waals surface area contributed by atoms with Crippen LogP contribution in [-0.2, 0) is 43.0 Å². The number of oxime groups is 1. The SMILES string of the molecule is CCC(C)(CC(CC(CC(C)(C)C(=O)O/N=C/c1c2ccccc2cc2ccccc12)C(=O)OCCO)C(=O)OCC1CO1)C(=O)OC. The van der Waals surface area contributed by atoms with E-state index in [0.717, 1.165) is 27.1 Å². The van der Waals surface area contributed by atoms with E-state index >= 15 is 0 Å². The fraction of sp³-hybridized carbons (Fsp3) is 0.486. The lowest BCUT2D eigenvalue weighted by Crippen LogP contribution is -2.37. The molecule has 3 aromatic carbocycles. The normalized spacial score (nSPS) is 17.0. The fourth-order valence-electron chi connectivity index (χ4n) is 5.89. The highest BCUT2D eigenvalue weighted by atomic mass is 16.7. The summed E-state index contributed by atoms with van der Waals surface area (Å²) in [5, 5.41) is 17.3. The van der Waals surface area contributed by atoms with E-state index in [1.54, 1.807) is 20.8 Å². The summed E-state index contributed by atoms with van der Waals surface area (Å²) in [6.07, 6.45) is 1.59. The van der Waals surface area contributed by atoms with Crippen molar-refractivity contribution >= 4 is 51.6 Å². The van der Waals surface area contributed by atoms with E-state index < -0.39 is 53.1 Å². The average molecular weight is 664 g/mol. The molecule has 1 heterocycles. The van der Waals surface area contributed by atoms with Crippen molar-refractivity contribution < 1.29 is 48.1 Å². The smallest absolute Gasteiger partial charge is 0.340 e. The van der Waals surface area contributed by atoms with Crippen molar-refractivity contribution in [2.45, 2.75) is 59.5 Å². The molecule has 0 bridgehead atoms. The van der Waals surface area contributed by atoms with Gasteiger partial charge in [0.2, 0.25) is 0 Å². The van der Waals surface area contributed by atoms with Gasteiger partial charge < -0.3 is 28.9 Å². The zero-order valence-electron chi connectivity index (χ0n) is 28.2. The van der Waals surface area contributed by atoms with Crippen molar-refractivity contribution in [3.05, 3.63) is 60.2 Å². The molecule has 4 unspecified atom stereocenters. The number of aliphatic hydroxyl groups is 1. The Morgan fingerprint density at radius 2 is 1.52 bits per heavy atom. The number of benzene rings is 3. The summed E-state index contributed by atoms with van der Waals surface area (Å²) in [7, 11) is 1.28. The maximum Gasteiger partial charge on any atom is 0.340 e. The second-order valence-electron chi connectivity index (χ2n) is 13.1. The van der Waals surface area contributed by atoms with E-state index in [2.05, 4.69) is 11.2 Å². The third-order valence-electron chi connectivity index (χ3n) is 8.98. The minimum atomic E-state index is -1.26. The van der Waals surface area contributed by atoms with Gasteiger partial charge in [0.1, 0.15) is 19.3 Å². The fourth-order valence-corrected chi connectivity index (χ4v) is 5.89. The molecule has 0 amide bonds. The van der Waals surface area contributed by atoms with Gasteiger partial charge in [-0.2, -0.15) is 0 Å². The summed E-state index contributed by atoms with van der Waals surface area (Å²) >= 11 is 0. The number of carbonyl (C=O) groups excluding carboxylic acids is 4. The first kappa shape index (κ1) is 36.5. The number of carbonyl (C=O) groups is 4. The van der Waals surface area contributed by atoms with Gasteiger partial charge in [-0.3, -0.25) is 14.4 Å². The molecule has 0 saturated carbocycles. The minimum Gasteiger partial charge on any atom is -0.469 e. The van der Waals surface area contributed by atoms with Gasteiger partial charge >= 0.3 is 23.9 Å². The number of esters is 3. The molecule has 11 nitrogen and oxygen atoms in total. The van der Waals surface area contributed by atoms with Gasteiger partial charge in [0.05, 0.1) is 49.2 Å². The quantitative estimate of drug-likeness (QED) is 0.0380. The molecule has 48 heavy (non-hydrogen) atoms. The lowest BCUT2D eigenvalue weighted by Gasteiger charge is -2.32. The molecule has 1 saturated heterocycles. The number of nitrogens with zero attached hydrogens (tertiary/aromatic N) is 1. The highest BCUT2D eigenvalue weighted by molar-refractivity contribution is 6.13. The molecule has 0 radical (unpaired) electrons. The summed E-state index contributed by atoms with van der Waals surface area (Å²) in [6, 6.07) is 17.8. The number of hydrogen-bond acceptors (Lipinski definition) is 11. The third-order valence-corrected chi connectivity index (χ3v) is 8.98. The molecule has 1 fully saturated rings. The molecule has 0 spiro atoms. The van der Waals surface area contributed by atoms with Crippen molar-refractivity contribution in [3.63, 3.8) is 0 Å². The Morgan fingerprint density at radius 3 is 2.08 bits per heavy atom. The van der Waals surface area contributed by atoms with Crippen LogP contribution in [0.3, 0.4) is 0 Å². The predicted octanol–water partition coefficient (Wildman–Crippen LogP) is 5.37. The summed E-state index contributed by atoms with van der Waals surface area (Å²) in [4.78, 5) is 58.3. The van der Waals surface area contributed by atoms with Gasteiger partial charge in [-0.05, 0) is 74.1 Å². The largest absolute Gasteiger partial charge is 0.469 e. The standard InChI is InChI=1S/C37H45NO10/c1-6-37(4,35(43)44-5)20-27(33(41)47-23-28-22-46-28)18-26(32(40)45-16-15-39)19-36(2,3)34(42)48-38-21-31-29-13-9-7-11-24(29)17-25-12-8-10-14-30(25)31/h7-14,17,21,26-28,39H,6,15-16,18-20,22-23H2,1-5H3/b38-21+. The molecule has 0 aliphatic carbocycles. The Bertz CT molecular complexity index is 1590. The van der Waals surface area contributed by atoms with Gasteiger partial charge in [0.25, 0.3) is 0 Å². The maximum absolute atomic E-state index is 13.5. The lowest BCUT2D eigenvalue weighted by atomic mass is 9.73. The zero-order valence-corrected chi connectivity index (χ0v) is 28.2. The van der Waals surface area contributed by atoms with Crippen LogP contribution in [0.1, 0.15) is 58.9 Å². The molecule has 258 valence electrons. The topological polar surface area (TPSA) is 150 Å². The number of methoxy groups -OCH3 is 1. The average Bonchev–Trinajstić information content (AvgIpc) is 3.92. The molecule has 1 aliphatic rings. The number of epoxide rings is 1. The Balaban J connectivity index is 1.56. The van der Waals surface area contributed by atoms with E-state index in [4.69, 9.17) is 23.8 Å². The summed E-state index contributed by atoms with van der Waals surface area (Å²) in [6.45, 7) is 6.62. The second-order valence-corrected chi connectivity index (χ2v) is 13.1. The van der Waals surface area contributed by atoms with Gasteiger partial charge in [-0.1, -0.05) is 60.6 Å². The van der Waals surface area contributed by atoms with Crippen LogP contribution in [0.15, 0.2) is 59.8 Å². The number of fused-ring (bicyclic) bond motifs is 2. The molecule has 4 atom stereocenters. The van der Waals surface area contributed by atoms with Crippen LogP contribution in [0.4, 0.5) is 0 Å². The van der Waals surface area contributed by atoms with Crippen LogP contribution in [0, 0.1) is 22.7 Å². The third kappa shape index (κ3) is 9.17. The Hall–Kier alpha value is -4.35. The molecule has 1 aliphatic heterocycles. The number of ether oxygens (including phenoxy) is 4. The Kier molecular flexibility index (Phi) is 12.3. The molecule has 0 aromatic heterocycles. The Labute approximate surface area is 280 Å². The monoisotopic (exact) mass is 663 g/mol. The molecular weight excluding hydrogens is 618 g/mol. The van der Waals surface area contributed by atoms with E-state index in [-0.39, 0.29) is 38.6 Å². The first-order valence-corrected chi connectivity index (χ1v) is 16.2. The summed E-state index contributed by atoms with van der Waals surface area (Å²) < 4.78 is 21.0. The van der Waals surface area contributed by atoms with Crippen LogP contribution in [0.25, 0.3) is 21.5 Å². The van der Waals surface area contributed by atoms with Crippen LogP contribution in [0.5, 0.6) is 0 Å². The maximum atomic E-state index is 13.5. The van der Waals surface area contributed by atoms with Gasteiger partial charge in [0, 0.05) is 5.56 Å². The van der Waals surface area contributed by atoms with Crippen LogP contribution < -0.4 is 0 Å². The number of hydrogen-bond donors (Lipinski definition) is 1. The van der Waals surface area contributed by atoms with Crippen molar-refractivity contribution in [2.24, 2.45) is 27.8 Å². The van der Waals surface area contributed by atoms with E-state index in [1.807, 2.05) is 55.5 Å². The van der Waals surface area contributed by atoms with Crippen molar-refractivity contribution in [1.82, 2.24) is 0 Å². The molecule has 3 aromatic rings. The van der Waals surface area contributed by atoms with Crippen LogP contribution in [0.2, 0.25) is 0 Å². The first-order valence-electron chi connectivity index (χ1n) is 16.2. The van der Waals surface area contributed by atoms with Gasteiger partial charge in [-0.25, -0.2) is 4.79 Å². The van der Waals surface area contributed by atoms with Gasteiger partial charge in [-0.15, -0.1) is 0 Å². The van der Waals surface area contributed by atoms with Crippen LogP contribution >= 0.6 is 0 Å². The van der Waals surface area contributed by atoms with Crippen molar-refractivity contribution in [2.75, 3.05) is 33.5 Å². The first-order chi connectivity index (χ1) is 22.9.